The molecule has 0 spiro atoms. The van der Waals surface area contributed by atoms with E-state index in [0.717, 1.165) is 22.6 Å². The molecule has 0 atom stereocenters. The number of nitrogens with one attached hydrogen (secondary N) is 1. The van der Waals surface area contributed by atoms with Gasteiger partial charge >= 0.3 is 0 Å². The molecule has 3 aromatic rings. The zero-order valence-electron chi connectivity index (χ0n) is 13.7. The number of thiazole rings is 1. The van der Waals surface area contributed by atoms with Gasteiger partial charge in [-0.2, -0.15) is 5.10 Å². The van der Waals surface area contributed by atoms with Crippen molar-refractivity contribution >= 4 is 45.9 Å². The molecule has 7 heteroatoms. The highest BCUT2D eigenvalue weighted by atomic mass is 35.5. The van der Waals surface area contributed by atoms with Crippen molar-refractivity contribution in [3.63, 3.8) is 0 Å². The summed E-state index contributed by atoms with van der Waals surface area (Å²) in [7, 11) is 0. The highest BCUT2D eigenvalue weighted by Gasteiger charge is 2.08. The van der Waals surface area contributed by atoms with Crippen molar-refractivity contribution in [3.05, 3.63) is 76.1 Å². The topological polar surface area (TPSA) is 46.5 Å². The van der Waals surface area contributed by atoms with Crippen LogP contribution in [0.4, 0.5) is 5.13 Å². The first-order valence-corrected chi connectivity index (χ1v) is 9.33. The third-order valence-corrected chi connectivity index (χ3v) is 4.65. The number of nitrogens with zero attached hydrogens (tertiary/aromatic N) is 2. The fraction of sp³-hybridized carbons (Fsp3) is 0.0526. The molecule has 26 heavy (non-hydrogen) atoms. The number of ether oxygens (including phenoxy) is 1. The van der Waals surface area contributed by atoms with E-state index in [0.29, 0.717) is 21.8 Å². The van der Waals surface area contributed by atoms with Gasteiger partial charge in [-0.05, 0) is 30.3 Å². The second kappa shape index (κ2) is 8.85. The van der Waals surface area contributed by atoms with Gasteiger partial charge in [0.05, 0.1) is 16.9 Å². The molecule has 0 saturated carbocycles. The average Bonchev–Trinajstić information content (AvgIpc) is 3.09. The Morgan fingerprint density at radius 2 is 2.08 bits per heavy atom. The maximum atomic E-state index is 6.23. The summed E-state index contributed by atoms with van der Waals surface area (Å²) in [5.41, 5.74) is 5.38. The minimum atomic E-state index is 0.440. The number of para-hydroxylation sites is 1. The van der Waals surface area contributed by atoms with Gasteiger partial charge in [0.25, 0.3) is 0 Å². The van der Waals surface area contributed by atoms with E-state index < -0.39 is 0 Å². The Balaban J connectivity index is 1.70. The Labute approximate surface area is 165 Å². The van der Waals surface area contributed by atoms with Gasteiger partial charge in [-0.15, -0.1) is 11.3 Å². The number of hydrogen-bond donors (Lipinski definition) is 1. The van der Waals surface area contributed by atoms with E-state index in [-0.39, 0.29) is 0 Å². The number of hydrazone groups is 1. The van der Waals surface area contributed by atoms with Crippen molar-refractivity contribution in [1.29, 1.82) is 0 Å². The van der Waals surface area contributed by atoms with Crippen molar-refractivity contribution in [3.8, 4) is 17.0 Å². The molecule has 1 heterocycles. The van der Waals surface area contributed by atoms with Crippen molar-refractivity contribution in [2.45, 2.75) is 0 Å². The second-order valence-corrected chi connectivity index (χ2v) is 6.87. The smallest absolute Gasteiger partial charge is 0.203 e. The van der Waals surface area contributed by atoms with E-state index >= 15 is 0 Å². The Bertz CT molecular complexity index is 940. The third-order valence-electron chi connectivity index (χ3n) is 3.35. The van der Waals surface area contributed by atoms with Crippen LogP contribution in [0, 0.1) is 0 Å². The van der Waals surface area contributed by atoms with E-state index in [1.165, 1.54) is 11.3 Å². The number of anilines is 1. The number of halogens is 2. The predicted octanol–water partition coefficient (Wildman–Crippen LogP) is 6.13. The quantitative estimate of drug-likeness (QED) is 0.293. The van der Waals surface area contributed by atoms with Crippen LogP contribution in [0.15, 0.2) is 65.6 Å². The maximum absolute atomic E-state index is 6.23. The lowest BCUT2D eigenvalue weighted by Gasteiger charge is -2.06. The molecular formula is C19H15Cl2N3OS. The van der Waals surface area contributed by atoms with Gasteiger partial charge in [-0.1, -0.05) is 48.0 Å². The summed E-state index contributed by atoms with van der Waals surface area (Å²) in [4.78, 5) is 4.50. The first kappa shape index (κ1) is 18.5. The summed E-state index contributed by atoms with van der Waals surface area (Å²) in [5.74, 6) is 0.741. The number of aromatic nitrogens is 1. The van der Waals surface area contributed by atoms with Gasteiger partial charge in [0.2, 0.25) is 5.13 Å². The normalized spacial score (nSPS) is 10.8. The van der Waals surface area contributed by atoms with Crippen molar-refractivity contribution in [2.75, 3.05) is 12.0 Å². The average molecular weight is 404 g/mol. The Morgan fingerprint density at radius 1 is 1.23 bits per heavy atom. The Kier molecular flexibility index (Phi) is 6.28. The number of benzene rings is 2. The second-order valence-electron chi connectivity index (χ2n) is 5.17. The molecule has 0 unspecified atom stereocenters. The monoisotopic (exact) mass is 403 g/mol. The van der Waals surface area contributed by atoms with Crippen LogP contribution in [-0.4, -0.2) is 17.8 Å². The van der Waals surface area contributed by atoms with Gasteiger partial charge in [0.1, 0.15) is 12.4 Å². The first-order valence-electron chi connectivity index (χ1n) is 7.70. The van der Waals surface area contributed by atoms with E-state index in [1.807, 2.05) is 35.7 Å². The van der Waals surface area contributed by atoms with Gasteiger partial charge < -0.3 is 4.74 Å². The zero-order valence-corrected chi connectivity index (χ0v) is 16.0. The highest BCUT2D eigenvalue weighted by Crippen LogP contribution is 2.32. The first-order chi connectivity index (χ1) is 12.7. The van der Waals surface area contributed by atoms with E-state index in [4.69, 9.17) is 27.9 Å². The third kappa shape index (κ3) is 4.64. The van der Waals surface area contributed by atoms with Gasteiger partial charge in [0, 0.05) is 21.5 Å². The largest absolute Gasteiger partial charge is 0.489 e. The van der Waals surface area contributed by atoms with Gasteiger partial charge in [-0.25, -0.2) is 4.98 Å². The van der Waals surface area contributed by atoms with Crippen LogP contribution >= 0.6 is 34.5 Å². The maximum Gasteiger partial charge on any atom is 0.203 e. The predicted molar refractivity (Wildman–Crippen MR) is 111 cm³/mol. The molecule has 1 aromatic heterocycles. The van der Waals surface area contributed by atoms with Crippen LogP contribution in [0.3, 0.4) is 0 Å². The number of rotatable bonds is 7. The lowest BCUT2D eigenvalue weighted by atomic mass is 10.2. The van der Waals surface area contributed by atoms with Crippen molar-refractivity contribution in [2.24, 2.45) is 5.10 Å². The summed E-state index contributed by atoms with van der Waals surface area (Å²) in [6.45, 7) is 4.09. The van der Waals surface area contributed by atoms with Crippen LogP contribution in [0.25, 0.3) is 11.3 Å². The molecule has 0 bridgehead atoms. The van der Waals surface area contributed by atoms with Crippen LogP contribution in [0.1, 0.15) is 5.56 Å². The summed E-state index contributed by atoms with van der Waals surface area (Å²) >= 11 is 13.6. The summed E-state index contributed by atoms with van der Waals surface area (Å²) in [6, 6.07) is 13.0. The molecular weight excluding hydrogens is 389 g/mol. The van der Waals surface area contributed by atoms with Crippen LogP contribution < -0.4 is 10.2 Å². The van der Waals surface area contributed by atoms with E-state index in [1.54, 1.807) is 24.4 Å². The Morgan fingerprint density at radius 3 is 2.88 bits per heavy atom. The minimum absolute atomic E-state index is 0.440. The molecule has 0 saturated heterocycles. The fourth-order valence-electron chi connectivity index (χ4n) is 2.17. The van der Waals surface area contributed by atoms with Crippen LogP contribution in [0.2, 0.25) is 10.0 Å². The van der Waals surface area contributed by atoms with Crippen molar-refractivity contribution in [1.82, 2.24) is 4.98 Å². The lowest BCUT2D eigenvalue weighted by molar-refractivity contribution is 0.363. The lowest BCUT2D eigenvalue weighted by Crippen LogP contribution is -1.97. The van der Waals surface area contributed by atoms with Gasteiger partial charge in [0.15, 0.2) is 0 Å². The fourth-order valence-corrected chi connectivity index (χ4v) is 3.34. The molecule has 4 nitrogen and oxygen atoms in total. The van der Waals surface area contributed by atoms with Gasteiger partial charge in [-0.3, -0.25) is 5.43 Å². The summed E-state index contributed by atoms with van der Waals surface area (Å²) in [6.07, 6.45) is 3.39. The minimum Gasteiger partial charge on any atom is -0.489 e. The zero-order chi connectivity index (χ0) is 18.4. The molecule has 0 radical (unpaired) electrons. The number of hydrogen-bond acceptors (Lipinski definition) is 5. The summed E-state index contributed by atoms with van der Waals surface area (Å²) < 4.78 is 5.60. The molecule has 0 aliphatic heterocycles. The van der Waals surface area contributed by atoms with Crippen molar-refractivity contribution < 1.29 is 4.74 Å². The molecule has 0 aliphatic carbocycles. The molecule has 0 amide bonds. The molecule has 2 aromatic carbocycles. The SMILES string of the molecule is C=CCOc1ccccc1C=NNc1nc(-c2ccc(Cl)cc2Cl)cs1. The highest BCUT2D eigenvalue weighted by molar-refractivity contribution is 7.14. The van der Waals surface area contributed by atoms with Crippen LogP contribution in [0.5, 0.6) is 5.75 Å². The van der Waals surface area contributed by atoms with E-state index in [9.17, 15) is 0 Å². The standard InChI is InChI=1S/C19H15Cl2N3OS/c1-2-9-25-18-6-4-3-5-13(18)11-22-24-19-23-17(12-26-19)15-8-7-14(20)10-16(15)21/h2-8,10-12H,1,9H2,(H,23,24). The van der Waals surface area contributed by atoms with Crippen LogP contribution in [-0.2, 0) is 0 Å². The molecule has 132 valence electrons. The molecule has 0 fully saturated rings. The molecule has 0 aliphatic rings. The Hall–Kier alpha value is -2.34. The summed E-state index contributed by atoms with van der Waals surface area (Å²) in [5, 5.41) is 7.96. The van der Waals surface area contributed by atoms with E-state index in [2.05, 4.69) is 22.1 Å². The molecule has 1 N–H and O–H groups in total. The molecule has 3 rings (SSSR count).